The van der Waals surface area contributed by atoms with E-state index in [1.807, 2.05) is 121 Å². The summed E-state index contributed by atoms with van der Waals surface area (Å²) >= 11 is 0. The molecule has 4 rings (SSSR count). The molecule has 0 saturated carbocycles. The maximum absolute atomic E-state index is 10.5. The van der Waals surface area contributed by atoms with Crippen LogP contribution in [-0.4, -0.2) is 47.8 Å². The predicted octanol–water partition coefficient (Wildman–Crippen LogP) is 5.31. The fraction of sp³-hybridized carbons (Fsp3) is 0.294. The highest BCUT2D eigenvalue weighted by molar-refractivity contribution is 5.16. The number of ether oxygens (including phenoxy) is 4. The Hall–Kier alpha value is -3.36. The second-order valence-electron chi connectivity index (χ2n) is 9.56. The van der Waals surface area contributed by atoms with Crippen molar-refractivity contribution in [2.45, 2.75) is 50.8 Å². The number of aliphatic hydroxyl groups excluding tert-OH is 2. The molecular weight excluding hydrogens is 504 g/mol. The molecule has 0 bridgehead atoms. The molecule has 0 fully saturated rings. The lowest BCUT2D eigenvalue weighted by Crippen LogP contribution is -2.51. The van der Waals surface area contributed by atoms with Crippen molar-refractivity contribution in [3.63, 3.8) is 0 Å². The molecule has 0 spiro atoms. The molecule has 6 heteroatoms. The van der Waals surface area contributed by atoms with Gasteiger partial charge >= 0.3 is 0 Å². The van der Waals surface area contributed by atoms with Gasteiger partial charge in [-0.2, -0.15) is 0 Å². The largest absolute Gasteiger partial charge is 0.394 e. The van der Waals surface area contributed by atoms with E-state index in [2.05, 4.69) is 0 Å². The van der Waals surface area contributed by atoms with Crippen molar-refractivity contribution < 1.29 is 29.2 Å². The third-order valence-corrected chi connectivity index (χ3v) is 6.60. The average Bonchev–Trinajstić information content (AvgIpc) is 3.02. The molecule has 40 heavy (non-hydrogen) atoms. The minimum absolute atomic E-state index is 0.277. The summed E-state index contributed by atoms with van der Waals surface area (Å²) in [7, 11) is 0. The van der Waals surface area contributed by atoms with Gasteiger partial charge in [0.25, 0.3) is 0 Å². The standard InChI is InChI=1S/C34H38O6/c35-21-31(37-23-27-13-5-1-6-14-27)33(39-25-29-17-9-3-10-18-29)34(40-26-30-19-11-4-12-20-30)32(22-36)38-24-28-15-7-2-8-16-28/h1-20,31-36H,21-26H2/t31-,32-,33-,34-/m1/s1. The first-order valence-electron chi connectivity index (χ1n) is 13.6. The molecule has 0 aliphatic heterocycles. The second-order valence-corrected chi connectivity index (χ2v) is 9.56. The van der Waals surface area contributed by atoms with Crippen molar-refractivity contribution in [1.82, 2.24) is 0 Å². The Kier molecular flexibility index (Phi) is 12.3. The van der Waals surface area contributed by atoms with Gasteiger partial charge in [-0.25, -0.2) is 0 Å². The van der Waals surface area contributed by atoms with Crippen LogP contribution in [0.15, 0.2) is 121 Å². The molecular formula is C34H38O6. The highest BCUT2D eigenvalue weighted by atomic mass is 16.6. The fourth-order valence-electron chi connectivity index (χ4n) is 4.42. The van der Waals surface area contributed by atoms with Gasteiger partial charge in [-0.1, -0.05) is 121 Å². The van der Waals surface area contributed by atoms with Crippen LogP contribution in [0.25, 0.3) is 0 Å². The van der Waals surface area contributed by atoms with Crippen molar-refractivity contribution in [3.05, 3.63) is 144 Å². The van der Waals surface area contributed by atoms with Crippen LogP contribution in [0, 0.1) is 0 Å². The van der Waals surface area contributed by atoms with Gasteiger partial charge < -0.3 is 29.2 Å². The molecule has 2 N–H and O–H groups in total. The van der Waals surface area contributed by atoms with E-state index in [1.165, 1.54) is 0 Å². The maximum Gasteiger partial charge on any atom is 0.115 e. The number of rotatable bonds is 17. The van der Waals surface area contributed by atoms with Crippen molar-refractivity contribution in [1.29, 1.82) is 0 Å². The Labute approximate surface area is 236 Å². The summed E-state index contributed by atoms with van der Waals surface area (Å²) in [6.07, 6.45) is -2.96. The molecule has 0 aromatic heterocycles. The van der Waals surface area contributed by atoms with Crippen LogP contribution in [0.3, 0.4) is 0 Å². The lowest BCUT2D eigenvalue weighted by molar-refractivity contribution is -0.201. The summed E-state index contributed by atoms with van der Waals surface area (Å²) in [5.74, 6) is 0. The zero-order valence-corrected chi connectivity index (χ0v) is 22.6. The highest BCUT2D eigenvalue weighted by Gasteiger charge is 2.38. The van der Waals surface area contributed by atoms with Crippen LogP contribution < -0.4 is 0 Å². The van der Waals surface area contributed by atoms with E-state index in [0.29, 0.717) is 0 Å². The Morgan fingerprint density at radius 2 is 0.625 bits per heavy atom. The van der Waals surface area contributed by atoms with Gasteiger partial charge in [0.2, 0.25) is 0 Å². The molecule has 6 nitrogen and oxygen atoms in total. The Balaban J connectivity index is 1.59. The summed E-state index contributed by atoms with van der Waals surface area (Å²) < 4.78 is 25.4. The third kappa shape index (κ3) is 9.38. The fourth-order valence-corrected chi connectivity index (χ4v) is 4.42. The molecule has 0 heterocycles. The van der Waals surface area contributed by atoms with Crippen molar-refractivity contribution >= 4 is 0 Å². The SMILES string of the molecule is OC[C@@H](OCc1ccccc1)[C@@H](OCc1ccccc1)[C@H](OCc1ccccc1)[C@@H](CO)OCc1ccccc1. The first-order chi connectivity index (χ1) is 19.8. The lowest BCUT2D eigenvalue weighted by Gasteiger charge is -2.36. The van der Waals surface area contributed by atoms with Gasteiger partial charge in [0.05, 0.1) is 39.6 Å². The van der Waals surface area contributed by atoms with E-state index in [0.717, 1.165) is 22.3 Å². The predicted molar refractivity (Wildman–Crippen MR) is 154 cm³/mol. The molecule has 0 amide bonds. The number of hydrogen-bond acceptors (Lipinski definition) is 6. The van der Waals surface area contributed by atoms with Gasteiger partial charge in [-0.15, -0.1) is 0 Å². The quantitative estimate of drug-likeness (QED) is 0.188. The minimum atomic E-state index is -0.745. The molecule has 0 radical (unpaired) electrons. The first kappa shape index (κ1) is 29.6. The van der Waals surface area contributed by atoms with E-state index in [4.69, 9.17) is 18.9 Å². The zero-order chi connectivity index (χ0) is 27.8. The molecule has 4 atom stereocenters. The third-order valence-electron chi connectivity index (χ3n) is 6.60. The summed E-state index contributed by atoms with van der Waals surface area (Å²) in [5.41, 5.74) is 3.90. The minimum Gasteiger partial charge on any atom is -0.394 e. The van der Waals surface area contributed by atoms with Crippen LogP contribution in [0.5, 0.6) is 0 Å². The Bertz CT molecular complexity index is 1090. The summed E-state index contributed by atoms with van der Waals surface area (Å²) in [6, 6.07) is 39.2. The summed E-state index contributed by atoms with van der Waals surface area (Å²) in [5, 5.41) is 21.0. The van der Waals surface area contributed by atoms with E-state index in [9.17, 15) is 10.2 Å². The number of hydrogen-bond donors (Lipinski definition) is 2. The summed E-state index contributed by atoms with van der Waals surface area (Å²) in [6.45, 7) is 0.536. The second kappa shape index (κ2) is 16.7. The molecule has 0 saturated heterocycles. The lowest BCUT2D eigenvalue weighted by atomic mass is 10.0. The van der Waals surface area contributed by atoms with Crippen LogP contribution in [0.2, 0.25) is 0 Å². The van der Waals surface area contributed by atoms with E-state index >= 15 is 0 Å². The van der Waals surface area contributed by atoms with E-state index in [1.54, 1.807) is 0 Å². The van der Waals surface area contributed by atoms with E-state index in [-0.39, 0.29) is 39.6 Å². The van der Waals surface area contributed by atoms with Crippen LogP contribution >= 0.6 is 0 Å². The van der Waals surface area contributed by atoms with Gasteiger partial charge in [0, 0.05) is 0 Å². The number of benzene rings is 4. The van der Waals surface area contributed by atoms with Gasteiger partial charge in [-0.3, -0.25) is 0 Å². The number of aliphatic hydroxyl groups is 2. The molecule has 4 aromatic rings. The average molecular weight is 543 g/mol. The normalized spacial score (nSPS) is 14.3. The Morgan fingerprint density at radius 1 is 0.375 bits per heavy atom. The molecule has 0 aliphatic rings. The molecule has 4 aromatic carbocycles. The zero-order valence-electron chi connectivity index (χ0n) is 22.6. The molecule has 210 valence electrons. The molecule has 0 unspecified atom stereocenters. The van der Waals surface area contributed by atoms with E-state index < -0.39 is 24.4 Å². The monoisotopic (exact) mass is 542 g/mol. The van der Waals surface area contributed by atoms with Crippen LogP contribution in [-0.2, 0) is 45.4 Å². The highest BCUT2D eigenvalue weighted by Crippen LogP contribution is 2.23. The van der Waals surface area contributed by atoms with Gasteiger partial charge in [0.1, 0.15) is 24.4 Å². The smallest absolute Gasteiger partial charge is 0.115 e. The Morgan fingerprint density at radius 3 is 0.875 bits per heavy atom. The molecule has 0 aliphatic carbocycles. The summed E-state index contributed by atoms with van der Waals surface area (Å²) in [4.78, 5) is 0. The van der Waals surface area contributed by atoms with Crippen LogP contribution in [0.1, 0.15) is 22.3 Å². The van der Waals surface area contributed by atoms with Crippen molar-refractivity contribution in [2.24, 2.45) is 0 Å². The topological polar surface area (TPSA) is 77.4 Å². The van der Waals surface area contributed by atoms with Gasteiger partial charge in [0.15, 0.2) is 0 Å². The maximum atomic E-state index is 10.5. The van der Waals surface area contributed by atoms with Crippen molar-refractivity contribution in [3.8, 4) is 0 Å². The van der Waals surface area contributed by atoms with Crippen molar-refractivity contribution in [2.75, 3.05) is 13.2 Å². The van der Waals surface area contributed by atoms with Crippen LogP contribution in [0.4, 0.5) is 0 Å². The van der Waals surface area contributed by atoms with Gasteiger partial charge in [-0.05, 0) is 22.3 Å². The first-order valence-corrected chi connectivity index (χ1v) is 13.6.